The van der Waals surface area contributed by atoms with E-state index in [9.17, 15) is 30.2 Å². The molecule has 0 amide bonds. The summed E-state index contributed by atoms with van der Waals surface area (Å²) in [6.07, 6.45) is 11.3. The van der Waals surface area contributed by atoms with Gasteiger partial charge in [0.2, 0.25) is 5.75 Å². The van der Waals surface area contributed by atoms with Gasteiger partial charge in [0.05, 0.1) is 5.56 Å². The summed E-state index contributed by atoms with van der Waals surface area (Å²) in [7, 11) is 0. The molecule has 0 bridgehead atoms. The predicted molar refractivity (Wildman–Crippen MR) is 99.4 cm³/mol. The summed E-state index contributed by atoms with van der Waals surface area (Å²) >= 11 is 0. The zero-order valence-electron chi connectivity index (χ0n) is 15.8. The molecule has 0 saturated heterocycles. The van der Waals surface area contributed by atoms with Crippen molar-refractivity contribution in [3.05, 3.63) is 27.3 Å². The number of phenolic OH excluding ortho intramolecular Hbond substituents is 3. The highest BCUT2D eigenvalue weighted by Crippen LogP contribution is 2.40. The highest BCUT2D eigenvalue weighted by Gasteiger charge is 2.23. The molecule has 0 aliphatic heterocycles. The second-order valence-corrected chi connectivity index (χ2v) is 6.65. The van der Waals surface area contributed by atoms with Crippen LogP contribution in [0.5, 0.6) is 17.2 Å². The molecule has 152 valence electrons. The molecule has 8 heteroatoms. The Bertz CT molecular complexity index is 631. The fraction of sp³-hybridized carbons (Fsp3) is 0.632. The van der Waals surface area contributed by atoms with Crippen molar-refractivity contribution in [3.63, 3.8) is 0 Å². The lowest BCUT2D eigenvalue weighted by molar-refractivity contribution is -0.727. The van der Waals surface area contributed by atoms with Gasteiger partial charge >= 0.3 is 11.1 Å². The Balaban J connectivity index is 2.52. The molecule has 1 aromatic carbocycles. The summed E-state index contributed by atoms with van der Waals surface area (Å²) in [6, 6.07) is 0.868. The number of rotatable bonds is 13. The molecular formula is C19H29NO7. The van der Waals surface area contributed by atoms with E-state index < -0.39 is 28.3 Å². The Morgan fingerprint density at radius 1 is 0.963 bits per heavy atom. The Morgan fingerprint density at radius 2 is 1.48 bits per heavy atom. The van der Waals surface area contributed by atoms with Crippen molar-refractivity contribution in [2.75, 3.05) is 0 Å². The Hall–Kier alpha value is -2.51. The van der Waals surface area contributed by atoms with Crippen LogP contribution in [0, 0.1) is 10.1 Å². The number of hydrogen-bond donors (Lipinski definition) is 3. The number of hydrogen-bond acceptors (Lipinski definition) is 7. The summed E-state index contributed by atoms with van der Waals surface area (Å²) in [5.74, 6) is -3.45. The van der Waals surface area contributed by atoms with E-state index in [1.807, 2.05) is 0 Å². The molecule has 0 aliphatic rings. The van der Waals surface area contributed by atoms with Crippen LogP contribution in [0.2, 0.25) is 0 Å². The SMILES string of the molecule is CCCCCCCCCCCCc1c(C(=O)O[N+](=O)[O-])cc(O)c(O)c1O. The van der Waals surface area contributed by atoms with Gasteiger partial charge in [0.1, 0.15) is 0 Å². The molecule has 0 aliphatic carbocycles. The maximum atomic E-state index is 11.8. The maximum absolute atomic E-state index is 11.8. The summed E-state index contributed by atoms with van der Waals surface area (Å²) in [4.78, 5) is 26.1. The van der Waals surface area contributed by atoms with Crippen LogP contribution >= 0.6 is 0 Å². The third-order valence-corrected chi connectivity index (χ3v) is 4.52. The molecule has 0 spiro atoms. The summed E-state index contributed by atoms with van der Waals surface area (Å²) in [5.41, 5.74) is -0.285. The van der Waals surface area contributed by atoms with E-state index in [0.717, 1.165) is 25.3 Å². The standard InChI is InChI=1S/C19H29NO7/c1-2-3-4-5-6-7-8-9-10-11-12-14-15(19(24)27-20(25)26)13-16(21)18(23)17(14)22/h13,21-23H,2-12H2,1H3. The molecule has 0 fully saturated rings. The van der Waals surface area contributed by atoms with Crippen LogP contribution < -0.4 is 0 Å². The number of phenols is 3. The fourth-order valence-corrected chi connectivity index (χ4v) is 3.03. The summed E-state index contributed by atoms with van der Waals surface area (Å²) in [6.45, 7) is 2.19. The monoisotopic (exact) mass is 383 g/mol. The molecule has 3 N–H and O–H groups in total. The average Bonchev–Trinajstić information content (AvgIpc) is 2.62. The Morgan fingerprint density at radius 3 is 2.00 bits per heavy atom. The molecule has 8 nitrogen and oxygen atoms in total. The van der Waals surface area contributed by atoms with E-state index in [4.69, 9.17) is 0 Å². The number of carbonyl (C=O) groups excluding carboxylic acids is 1. The van der Waals surface area contributed by atoms with Crippen LogP contribution in [0.15, 0.2) is 6.07 Å². The first-order valence-electron chi connectivity index (χ1n) is 9.51. The Labute approximate surface area is 158 Å². The topological polar surface area (TPSA) is 130 Å². The molecule has 27 heavy (non-hydrogen) atoms. The molecule has 0 unspecified atom stereocenters. The van der Waals surface area contributed by atoms with Gasteiger partial charge in [-0.2, -0.15) is 0 Å². The van der Waals surface area contributed by atoms with Gasteiger partial charge < -0.3 is 15.3 Å². The largest absolute Gasteiger partial charge is 0.504 e. The van der Waals surface area contributed by atoms with Gasteiger partial charge in [-0.1, -0.05) is 64.7 Å². The third-order valence-electron chi connectivity index (χ3n) is 4.52. The van der Waals surface area contributed by atoms with Crippen LogP contribution in [-0.4, -0.2) is 26.4 Å². The molecule has 0 radical (unpaired) electrons. The van der Waals surface area contributed by atoms with E-state index in [1.165, 1.54) is 38.5 Å². The van der Waals surface area contributed by atoms with Gasteiger partial charge in [0.25, 0.3) is 0 Å². The maximum Gasteiger partial charge on any atom is 0.334 e. The van der Waals surface area contributed by atoms with Crippen LogP contribution in [0.4, 0.5) is 0 Å². The second kappa shape index (κ2) is 12.0. The third kappa shape index (κ3) is 7.72. The number of carbonyl (C=O) groups is 1. The molecule has 1 rings (SSSR count). The first-order chi connectivity index (χ1) is 12.9. The smallest absolute Gasteiger partial charge is 0.334 e. The molecule has 0 saturated carbocycles. The second-order valence-electron chi connectivity index (χ2n) is 6.65. The molecule has 0 heterocycles. The van der Waals surface area contributed by atoms with Gasteiger partial charge in [0.15, 0.2) is 11.5 Å². The van der Waals surface area contributed by atoms with Gasteiger partial charge in [0, 0.05) is 5.56 Å². The lowest BCUT2D eigenvalue weighted by atomic mass is 9.98. The zero-order valence-corrected chi connectivity index (χ0v) is 15.8. The van der Waals surface area contributed by atoms with Crippen molar-refractivity contribution < 1.29 is 30.0 Å². The van der Waals surface area contributed by atoms with Gasteiger partial charge in [-0.3, -0.25) is 4.79 Å². The van der Waals surface area contributed by atoms with Crippen LogP contribution in [0.1, 0.15) is 87.1 Å². The summed E-state index contributed by atoms with van der Waals surface area (Å²) < 4.78 is 0. The molecule has 0 atom stereocenters. The molecular weight excluding hydrogens is 354 g/mol. The Kier molecular flexibility index (Phi) is 10.00. The minimum Gasteiger partial charge on any atom is -0.504 e. The number of unbranched alkanes of at least 4 members (excludes halogenated alkanes) is 9. The fourth-order valence-electron chi connectivity index (χ4n) is 3.03. The van der Waals surface area contributed by atoms with Crippen molar-refractivity contribution in [1.82, 2.24) is 0 Å². The first-order valence-corrected chi connectivity index (χ1v) is 9.51. The van der Waals surface area contributed by atoms with Crippen LogP contribution in [-0.2, 0) is 11.3 Å². The first kappa shape index (κ1) is 22.5. The summed E-state index contributed by atoms with van der Waals surface area (Å²) in [5, 5.41) is 38.3. The molecule has 0 aromatic heterocycles. The van der Waals surface area contributed by atoms with Crippen molar-refractivity contribution in [2.24, 2.45) is 0 Å². The van der Waals surface area contributed by atoms with Gasteiger partial charge in [-0.15, -0.1) is 10.1 Å². The van der Waals surface area contributed by atoms with E-state index in [-0.39, 0.29) is 17.5 Å². The lowest BCUT2D eigenvalue weighted by Gasteiger charge is -2.12. The van der Waals surface area contributed by atoms with E-state index in [1.54, 1.807) is 0 Å². The normalized spacial score (nSPS) is 10.7. The van der Waals surface area contributed by atoms with Crippen molar-refractivity contribution in [3.8, 4) is 17.2 Å². The van der Waals surface area contributed by atoms with Crippen molar-refractivity contribution in [2.45, 2.75) is 77.6 Å². The predicted octanol–water partition coefficient (Wildman–Crippen LogP) is 4.62. The van der Waals surface area contributed by atoms with Crippen LogP contribution in [0.25, 0.3) is 0 Å². The number of aromatic hydroxyl groups is 3. The number of nitrogens with zero attached hydrogens (tertiary/aromatic N) is 1. The van der Waals surface area contributed by atoms with Crippen molar-refractivity contribution >= 4 is 5.97 Å². The highest BCUT2D eigenvalue weighted by molar-refractivity contribution is 5.92. The van der Waals surface area contributed by atoms with E-state index in [0.29, 0.717) is 6.42 Å². The minimum atomic E-state index is -1.30. The lowest BCUT2D eigenvalue weighted by Crippen LogP contribution is -2.13. The highest BCUT2D eigenvalue weighted by atomic mass is 17.0. The van der Waals surface area contributed by atoms with E-state index >= 15 is 0 Å². The molecule has 1 aromatic rings. The average molecular weight is 383 g/mol. The van der Waals surface area contributed by atoms with Crippen LogP contribution in [0.3, 0.4) is 0 Å². The van der Waals surface area contributed by atoms with E-state index in [2.05, 4.69) is 11.8 Å². The van der Waals surface area contributed by atoms with Gasteiger partial charge in [-0.25, -0.2) is 4.84 Å². The number of benzene rings is 1. The van der Waals surface area contributed by atoms with Crippen molar-refractivity contribution in [1.29, 1.82) is 0 Å². The minimum absolute atomic E-state index is 0.0386. The quantitative estimate of drug-likeness (QED) is 0.196. The zero-order chi connectivity index (χ0) is 20.2. The van der Waals surface area contributed by atoms with Gasteiger partial charge in [-0.05, 0) is 18.9 Å².